The Morgan fingerprint density at radius 1 is 0.517 bits per heavy atom. The van der Waals surface area contributed by atoms with Crippen molar-refractivity contribution in [3.63, 3.8) is 0 Å². The normalized spacial score (nSPS) is 13.7. The summed E-state index contributed by atoms with van der Waals surface area (Å²) in [4.78, 5) is 26.0. The highest BCUT2D eigenvalue weighted by Gasteiger charge is 2.24. The molecule has 6 heteroatoms. The molecule has 0 aromatic heterocycles. The van der Waals surface area contributed by atoms with Crippen molar-refractivity contribution in [3.05, 3.63) is 48.6 Å². The lowest BCUT2D eigenvalue weighted by Crippen LogP contribution is -2.46. The Balaban J connectivity index is 4.53. The van der Waals surface area contributed by atoms with E-state index in [9.17, 15) is 19.8 Å². The van der Waals surface area contributed by atoms with Crippen LogP contribution in [0.4, 0.5) is 0 Å². The molecule has 0 aliphatic carbocycles. The first-order valence-electron chi connectivity index (χ1n) is 24.9. The van der Waals surface area contributed by atoms with E-state index in [2.05, 4.69) is 74.7 Å². The number of aliphatic hydroxyl groups excluding tert-OH is 2. The Bertz CT molecular complexity index is 1000. The van der Waals surface area contributed by atoms with Crippen LogP contribution >= 0.6 is 0 Å². The molecule has 0 spiro atoms. The molecule has 0 saturated carbocycles. The molecule has 0 heterocycles. The second-order valence-electron chi connectivity index (χ2n) is 16.8. The van der Waals surface area contributed by atoms with Crippen molar-refractivity contribution in [3.8, 4) is 0 Å². The van der Waals surface area contributed by atoms with Gasteiger partial charge in [-0.3, -0.25) is 9.59 Å². The van der Waals surface area contributed by atoms with E-state index >= 15 is 0 Å². The summed E-state index contributed by atoms with van der Waals surface area (Å²) < 4.78 is 5.89. The monoisotopic (exact) mass is 814 g/mol. The van der Waals surface area contributed by atoms with Crippen molar-refractivity contribution in [1.29, 1.82) is 0 Å². The van der Waals surface area contributed by atoms with Gasteiger partial charge < -0.3 is 20.3 Å². The Labute approximate surface area is 359 Å². The minimum Gasteiger partial charge on any atom is -0.462 e. The molecule has 0 bridgehead atoms. The van der Waals surface area contributed by atoms with E-state index in [4.69, 9.17) is 4.74 Å². The Morgan fingerprint density at radius 2 is 0.931 bits per heavy atom. The van der Waals surface area contributed by atoms with Crippen LogP contribution in [-0.4, -0.2) is 46.9 Å². The van der Waals surface area contributed by atoms with Gasteiger partial charge in [-0.25, -0.2) is 0 Å². The Kier molecular flexibility index (Phi) is 44.2. The molecule has 0 aromatic rings. The van der Waals surface area contributed by atoms with Gasteiger partial charge in [0.05, 0.1) is 25.2 Å². The summed E-state index contributed by atoms with van der Waals surface area (Å²) in [5.41, 5.74) is 0. The minimum absolute atomic E-state index is 0.0578. The number of nitrogens with one attached hydrogen (secondary N) is 1. The zero-order valence-electron chi connectivity index (χ0n) is 38.4. The third kappa shape index (κ3) is 40.6. The molecule has 3 unspecified atom stereocenters. The predicted molar refractivity (Wildman–Crippen MR) is 250 cm³/mol. The van der Waals surface area contributed by atoms with E-state index < -0.39 is 18.2 Å². The number of hydrogen-bond donors (Lipinski definition) is 3. The van der Waals surface area contributed by atoms with E-state index in [1.54, 1.807) is 0 Å². The highest BCUT2D eigenvalue weighted by atomic mass is 16.5. The average molecular weight is 814 g/mol. The summed E-state index contributed by atoms with van der Waals surface area (Å²) >= 11 is 0. The topological polar surface area (TPSA) is 95.9 Å². The SMILES string of the molecule is CC/C=C/C/C=C/C/C=C/CCCCCCC(=O)OC(CCCCC/C=C\CCCCC)CC(=O)NC(CO)C(O)CCCCCCCCCCCCCCCCC. The van der Waals surface area contributed by atoms with Crippen LogP contribution in [-0.2, 0) is 14.3 Å². The number of carbonyl (C=O) groups excluding carboxylic acids is 2. The van der Waals surface area contributed by atoms with E-state index in [0.717, 1.165) is 103 Å². The Hall–Kier alpha value is -2.18. The second kappa shape index (κ2) is 45.9. The molecule has 58 heavy (non-hydrogen) atoms. The molecule has 1 amide bonds. The summed E-state index contributed by atoms with van der Waals surface area (Å²) in [5.74, 6) is -0.514. The number of aliphatic hydroxyl groups is 2. The molecular weight excluding hydrogens is 719 g/mol. The Morgan fingerprint density at radius 3 is 1.48 bits per heavy atom. The van der Waals surface area contributed by atoms with Crippen molar-refractivity contribution in [2.45, 2.75) is 264 Å². The van der Waals surface area contributed by atoms with Crippen molar-refractivity contribution < 1.29 is 24.5 Å². The standard InChI is InChI=1S/C52H95NO5/c1-4-7-10-13-16-19-22-24-26-27-29-32-35-38-41-44-50(55)49(47-54)53-51(56)46-48(43-40-37-34-31-21-18-15-12-9-6-3)58-52(57)45-42-39-36-33-30-28-25-23-20-17-14-11-8-5-2/h8,11,17-18,20-21,25,28,48-50,54-55H,4-7,9-10,12-16,19,22-24,26-27,29-47H2,1-3H3,(H,53,56)/b11-8+,20-17+,21-18-,28-25+. The maximum atomic E-state index is 13.2. The van der Waals surface area contributed by atoms with Gasteiger partial charge in [0.25, 0.3) is 0 Å². The number of esters is 1. The summed E-state index contributed by atoms with van der Waals surface area (Å²) in [6.07, 6.45) is 54.6. The number of ether oxygens (including phenoxy) is 1. The van der Waals surface area contributed by atoms with E-state index in [1.807, 2.05) is 0 Å². The van der Waals surface area contributed by atoms with Gasteiger partial charge in [0.1, 0.15) is 6.10 Å². The van der Waals surface area contributed by atoms with E-state index in [0.29, 0.717) is 19.3 Å². The first-order valence-corrected chi connectivity index (χ1v) is 24.9. The van der Waals surface area contributed by atoms with Crippen molar-refractivity contribution >= 4 is 11.9 Å². The van der Waals surface area contributed by atoms with Gasteiger partial charge in [0, 0.05) is 6.42 Å². The number of amides is 1. The quantitative estimate of drug-likeness (QED) is 0.0323. The fourth-order valence-electron chi connectivity index (χ4n) is 7.38. The highest BCUT2D eigenvalue weighted by molar-refractivity contribution is 5.77. The molecule has 6 nitrogen and oxygen atoms in total. The molecule has 3 N–H and O–H groups in total. The fourth-order valence-corrected chi connectivity index (χ4v) is 7.38. The molecule has 0 saturated heterocycles. The third-order valence-corrected chi connectivity index (χ3v) is 11.1. The molecular formula is C52H95NO5. The molecule has 3 atom stereocenters. The second-order valence-corrected chi connectivity index (χ2v) is 16.8. The highest BCUT2D eigenvalue weighted by Crippen LogP contribution is 2.17. The van der Waals surface area contributed by atoms with Crippen molar-refractivity contribution in [2.24, 2.45) is 0 Å². The van der Waals surface area contributed by atoms with Crippen LogP contribution in [0.2, 0.25) is 0 Å². The zero-order chi connectivity index (χ0) is 42.4. The third-order valence-electron chi connectivity index (χ3n) is 11.1. The number of allylic oxidation sites excluding steroid dienone is 8. The summed E-state index contributed by atoms with van der Waals surface area (Å²) in [6, 6.07) is -0.709. The molecule has 0 aliphatic rings. The zero-order valence-corrected chi connectivity index (χ0v) is 38.4. The predicted octanol–water partition coefficient (Wildman–Crippen LogP) is 14.7. The number of hydrogen-bond acceptors (Lipinski definition) is 5. The molecule has 338 valence electrons. The molecule has 0 aliphatic heterocycles. The van der Waals surface area contributed by atoms with Crippen LogP contribution in [0.1, 0.15) is 245 Å². The van der Waals surface area contributed by atoms with Crippen LogP contribution in [0.15, 0.2) is 48.6 Å². The lowest BCUT2D eigenvalue weighted by atomic mass is 10.0. The number of unbranched alkanes of at least 4 members (excludes halogenated alkanes) is 24. The molecule has 0 fully saturated rings. The fraction of sp³-hybridized carbons (Fsp3) is 0.808. The van der Waals surface area contributed by atoms with Gasteiger partial charge in [-0.2, -0.15) is 0 Å². The van der Waals surface area contributed by atoms with Gasteiger partial charge in [-0.15, -0.1) is 0 Å². The number of carbonyl (C=O) groups is 2. The maximum Gasteiger partial charge on any atom is 0.306 e. The van der Waals surface area contributed by atoms with E-state index in [1.165, 1.54) is 96.3 Å². The average Bonchev–Trinajstić information content (AvgIpc) is 3.22. The number of rotatable bonds is 44. The van der Waals surface area contributed by atoms with Crippen molar-refractivity contribution in [1.82, 2.24) is 5.32 Å². The maximum absolute atomic E-state index is 13.2. The van der Waals surface area contributed by atoms with Crippen LogP contribution in [0.5, 0.6) is 0 Å². The van der Waals surface area contributed by atoms with Crippen LogP contribution in [0.3, 0.4) is 0 Å². The van der Waals surface area contributed by atoms with Crippen LogP contribution in [0, 0.1) is 0 Å². The van der Waals surface area contributed by atoms with Gasteiger partial charge in [0.15, 0.2) is 0 Å². The first-order chi connectivity index (χ1) is 28.5. The van der Waals surface area contributed by atoms with E-state index in [-0.39, 0.29) is 24.9 Å². The minimum atomic E-state index is -0.794. The summed E-state index contributed by atoms with van der Waals surface area (Å²) in [6.45, 7) is 6.33. The smallest absolute Gasteiger partial charge is 0.306 e. The molecule has 0 radical (unpaired) electrons. The lowest BCUT2D eigenvalue weighted by molar-refractivity contribution is -0.151. The summed E-state index contributed by atoms with van der Waals surface area (Å²) in [5, 5.41) is 23.7. The van der Waals surface area contributed by atoms with Crippen molar-refractivity contribution in [2.75, 3.05) is 6.61 Å². The van der Waals surface area contributed by atoms with Crippen LogP contribution in [0.25, 0.3) is 0 Å². The van der Waals surface area contributed by atoms with Gasteiger partial charge in [-0.05, 0) is 83.5 Å². The van der Waals surface area contributed by atoms with Gasteiger partial charge in [-0.1, -0.05) is 198 Å². The molecule has 0 rings (SSSR count). The van der Waals surface area contributed by atoms with Crippen LogP contribution < -0.4 is 5.32 Å². The first kappa shape index (κ1) is 55.8. The molecule has 0 aromatic carbocycles. The largest absolute Gasteiger partial charge is 0.462 e. The van der Waals surface area contributed by atoms with Gasteiger partial charge in [0.2, 0.25) is 5.91 Å². The lowest BCUT2D eigenvalue weighted by Gasteiger charge is -2.24. The van der Waals surface area contributed by atoms with Gasteiger partial charge >= 0.3 is 5.97 Å². The summed E-state index contributed by atoms with van der Waals surface area (Å²) in [7, 11) is 0.